The maximum absolute atomic E-state index is 11.3. The van der Waals surface area contributed by atoms with Gasteiger partial charge in [0.1, 0.15) is 11.6 Å². The van der Waals surface area contributed by atoms with Crippen LogP contribution in [0.5, 0.6) is 5.75 Å². The van der Waals surface area contributed by atoms with Crippen molar-refractivity contribution in [3.63, 3.8) is 0 Å². The summed E-state index contributed by atoms with van der Waals surface area (Å²) in [6.07, 6.45) is 1.34. The first kappa shape index (κ1) is 13.2. The number of carbonyl (C=O) groups excluding carboxylic acids is 1. The lowest BCUT2D eigenvalue weighted by atomic mass is 10.1. The number of fused-ring (bicyclic) bond motifs is 1. The third-order valence-electron chi connectivity index (χ3n) is 3.69. The molecule has 2 aromatic rings. The third-order valence-corrected chi connectivity index (χ3v) is 3.93. The summed E-state index contributed by atoms with van der Waals surface area (Å²) < 4.78 is 7.41. The van der Waals surface area contributed by atoms with Crippen LogP contribution in [0.25, 0.3) is 11.0 Å². The van der Waals surface area contributed by atoms with Gasteiger partial charge in [-0.25, -0.2) is 4.98 Å². The summed E-state index contributed by atoms with van der Waals surface area (Å²) >= 11 is 6.02. The van der Waals surface area contributed by atoms with E-state index < -0.39 is 0 Å². The average Bonchev–Trinajstić information content (AvgIpc) is 2.85. The van der Waals surface area contributed by atoms with Gasteiger partial charge in [-0.15, -0.1) is 11.6 Å². The highest BCUT2D eigenvalue weighted by atomic mass is 35.5. The Morgan fingerprint density at radius 3 is 3.05 bits per heavy atom. The Bertz CT molecular complexity index is 643. The minimum atomic E-state index is 0.107. The summed E-state index contributed by atoms with van der Waals surface area (Å²) in [5.41, 5.74) is 1.90. The van der Waals surface area contributed by atoms with Crippen LogP contribution in [0.15, 0.2) is 18.2 Å². The molecule has 1 aliphatic heterocycles. The largest absolute Gasteiger partial charge is 0.497 e. The average molecular weight is 294 g/mol. The molecule has 1 saturated heterocycles. The van der Waals surface area contributed by atoms with E-state index in [1.54, 1.807) is 7.11 Å². The molecule has 5 nitrogen and oxygen atoms in total. The smallest absolute Gasteiger partial charge is 0.220 e. The van der Waals surface area contributed by atoms with Gasteiger partial charge in [-0.2, -0.15) is 0 Å². The molecule has 20 heavy (non-hydrogen) atoms. The number of methoxy groups -OCH3 is 1. The molecule has 0 saturated carbocycles. The van der Waals surface area contributed by atoms with Crippen LogP contribution in [0.4, 0.5) is 0 Å². The number of ether oxygens (including phenoxy) is 1. The number of aromatic nitrogens is 2. The molecule has 0 spiro atoms. The van der Waals surface area contributed by atoms with E-state index in [2.05, 4.69) is 14.9 Å². The second-order valence-electron chi connectivity index (χ2n) is 4.88. The molecule has 0 bridgehead atoms. The van der Waals surface area contributed by atoms with E-state index in [0.29, 0.717) is 18.8 Å². The predicted octanol–water partition coefficient (Wildman–Crippen LogP) is 2.23. The number of hydrogen-bond donors (Lipinski definition) is 1. The lowest BCUT2D eigenvalue weighted by Gasteiger charge is -2.25. The molecule has 1 aliphatic rings. The molecule has 3 rings (SSSR count). The van der Waals surface area contributed by atoms with Gasteiger partial charge in [-0.05, 0) is 18.6 Å². The molecular weight excluding hydrogens is 278 g/mol. The van der Waals surface area contributed by atoms with Crippen molar-refractivity contribution in [2.24, 2.45) is 0 Å². The normalized spacial score (nSPS) is 19.1. The van der Waals surface area contributed by atoms with Crippen molar-refractivity contribution >= 4 is 28.5 Å². The number of benzene rings is 1. The molecule has 1 aromatic heterocycles. The number of rotatable bonds is 3. The van der Waals surface area contributed by atoms with Gasteiger partial charge < -0.3 is 14.6 Å². The second kappa shape index (κ2) is 5.32. The Kier molecular flexibility index (Phi) is 3.53. The van der Waals surface area contributed by atoms with Crippen molar-refractivity contribution in [3.05, 3.63) is 24.0 Å². The maximum Gasteiger partial charge on any atom is 0.220 e. The van der Waals surface area contributed by atoms with Crippen LogP contribution >= 0.6 is 11.6 Å². The highest BCUT2D eigenvalue weighted by molar-refractivity contribution is 6.16. The molecule has 1 unspecified atom stereocenters. The number of imidazole rings is 1. The van der Waals surface area contributed by atoms with Crippen molar-refractivity contribution in [1.82, 2.24) is 14.9 Å². The number of nitrogens with one attached hydrogen (secondary N) is 1. The fourth-order valence-corrected chi connectivity index (χ4v) is 2.88. The van der Waals surface area contributed by atoms with Gasteiger partial charge in [0.05, 0.1) is 30.1 Å². The second-order valence-corrected chi connectivity index (χ2v) is 5.15. The summed E-state index contributed by atoms with van der Waals surface area (Å²) in [4.78, 5) is 15.9. The number of nitrogens with zero attached hydrogens (tertiary/aromatic N) is 2. The molecule has 1 atom stereocenters. The van der Waals surface area contributed by atoms with Crippen LogP contribution in [0.2, 0.25) is 0 Å². The van der Waals surface area contributed by atoms with Gasteiger partial charge in [0.2, 0.25) is 5.91 Å². The first-order valence-corrected chi connectivity index (χ1v) is 7.14. The summed E-state index contributed by atoms with van der Waals surface area (Å²) in [5, 5.41) is 2.90. The van der Waals surface area contributed by atoms with Crippen LogP contribution in [0.1, 0.15) is 24.7 Å². The van der Waals surface area contributed by atoms with E-state index in [4.69, 9.17) is 16.3 Å². The Balaban J connectivity index is 2.08. The van der Waals surface area contributed by atoms with E-state index in [1.165, 1.54) is 0 Å². The zero-order chi connectivity index (χ0) is 14.1. The highest BCUT2D eigenvalue weighted by Gasteiger charge is 2.23. The quantitative estimate of drug-likeness (QED) is 0.883. The van der Waals surface area contributed by atoms with E-state index in [-0.39, 0.29) is 11.9 Å². The van der Waals surface area contributed by atoms with E-state index in [1.807, 2.05) is 18.2 Å². The van der Waals surface area contributed by atoms with Crippen molar-refractivity contribution in [2.75, 3.05) is 13.7 Å². The fourth-order valence-electron chi connectivity index (χ4n) is 2.69. The Morgan fingerprint density at radius 2 is 2.40 bits per heavy atom. The van der Waals surface area contributed by atoms with E-state index in [9.17, 15) is 4.79 Å². The molecule has 2 heterocycles. The first-order chi connectivity index (χ1) is 9.72. The summed E-state index contributed by atoms with van der Waals surface area (Å²) in [7, 11) is 1.64. The Labute approximate surface area is 121 Å². The molecule has 0 radical (unpaired) electrons. The number of hydrogen-bond acceptors (Lipinski definition) is 3. The molecule has 106 valence electrons. The molecule has 1 amide bonds. The summed E-state index contributed by atoms with van der Waals surface area (Å²) in [5.74, 6) is 2.08. The Hall–Kier alpha value is -1.75. The van der Waals surface area contributed by atoms with E-state index >= 15 is 0 Å². The van der Waals surface area contributed by atoms with Crippen LogP contribution in [0.3, 0.4) is 0 Å². The summed E-state index contributed by atoms with van der Waals surface area (Å²) in [6, 6.07) is 5.98. The fraction of sp³-hybridized carbons (Fsp3) is 0.429. The standard InChI is InChI=1S/C14H16ClN3O2/c1-20-10-3-4-11-12(6-10)18(13(7-15)17-11)9-2-5-14(19)16-8-9/h3-4,6,9H,2,5,7-8H2,1H3,(H,16,19). The molecule has 6 heteroatoms. The SMILES string of the molecule is COc1ccc2nc(CCl)n(C3CCC(=O)NC3)c2c1. The molecule has 0 aliphatic carbocycles. The zero-order valence-corrected chi connectivity index (χ0v) is 12.0. The minimum absolute atomic E-state index is 0.107. The van der Waals surface area contributed by atoms with Crippen molar-refractivity contribution in [1.29, 1.82) is 0 Å². The zero-order valence-electron chi connectivity index (χ0n) is 11.2. The highest BCUT2D eigenvalue weighted by Crippen LogP contribution is 2.29. The van der Waals surface area contributed by atoms with E-state index in [0.717, 1.165) is 29.0 Å². The van der Waals surface area contributed by atoms with Gasteiger partial charge in [-0.1, -0.05) is 0 Å². The van der Waals surface area contributed by atoms with Crippen molar-refractivity contribution < 1.29 is 9.53 Å². The number of carbonyl (C=O) groups is 1. The van der Waals surface area contributed by atoms with Gasteiger partial charge in [0.15, 0.2) is 0 Å². The maximum atomic E-state index is 11.3. The number of amides is 1. The number of piperidine rings is 1. The molecule has 1 aromatic carbocycles. The topological polar surface area (TPSA) is 56.2 Å². The minimum Gasteiger partial charge on any atom is -0.497 e. The molecule has 1 N–H and O–H groups in total. The summed E-state index contributed by atoms with van der Waals surface area (Å²) in [6.45, 7) is 0.616. The number of alkyl halides is 1. The van der Waals surface area contributed by atoms with Crippen LogP contribution in [0, 0.1) is 0 Å². The molecule has 1 fully saturated rings. The Morgan fingerprint density at radius 1 is 1.55 bits per heavy atom. The first-order valence-electron chi connectivity index (χ1n) is 6.60. The lowest BCUT2D eigenvalue weighted by molar-refractivity contribution is -0.122. The van der Waals surface area contributed by atoms with Crippen LogP contribution in [-0.2, 0) is 10.7 Å². The van der Waals surface area contributed by atoms with Gasteiger partial charge in [0, 0.05) is 19.0 Å². The third kappa shape index (κ3) is 2.22. The molecular formula is C14H16ClN3O2. The van der Waals surface area contributed by atoms with Gasteiger partial charge >= 0.3 is 0 Å². The van der Waals surface area contributed by atoms with Crippen molar-refractivity contribution in [3.8, 4) is 5.75 Å². The van der Waals surface area contributed by atoms with Crippen LogP contribution < -0.4 is 10.1 Å². The predicted molar refractivity (Wildman–Crippen MR) is 77.1 cm³/mol. The monoisotopic (exact) mass is 293 g/mol. The van der Waals surface area contributed by atoms with Gasteiger partial charge in [-0.3, -0.25) is 4.79 Å². The number of halogens is 1. The van der Waals surface area contributed by atoms with Crippen molar-refractivity contribution in [2.45, 2.75) is 24.8 Å². The lowest BCUT2D eigenvalue weighted by Crippen LogP contribution is -2.36. The van der Waals surface area contributed by atoms with Gasteiger partial charge in [0.25, 0.3) is 0 Å². The van der Waals surface area contributed by atoms with Crippen LogP contribution in [-0.4, -0.2) is 29.1 Å².